The van der Waals surface area contributed by atoms with Crippen molar-refractivity contribution in [1.82, 2.24) is 0 Å². The van der Waals surface area contributed by atoms with Crippen LogP contribution in [0.15, 0.2) is 18.2 Å². The van der Waals surface area contributed by atoms with Crippen LogP contribution in [0.4, 0.5) is 8.78 Å². The number of alkyl halides is 1. The summed E-state index contributed by atoms with van der Waals surface area (Å²) in [6, 6.07) is 4.00. The van der Waals surface area contributed by atoms with Crippen molar-refractivity contribution in [3.8, 4) is 0 Å². The van der Waals surface area contributed by atoms with Gasteiger partial charge in [0.2, 0.25) is 0 Å². The van der Waals surface area contributed by atoms with E-state index in [4.69, 9.17) is 0 Å². The highest BCUT2D eigenvalue weighted by molar-refractivity contribution is 9.09. The maximum absolute atomic E-state index is 13.5. The van der Waals surface area contributed by atoms with Gasteiger partial charge >= 0.3 is 0 Å². The third-order valence-corrected chi connectivity index (χ3v) is 2.75. The summed E-state index contributed by atoms with van der Waals surface area (Å²) in [5.41, 5.74) is -0.325. The summed E-state index contributed by atoms with van der Waals surface area (Å²) in [5.74, 6) is -0.929. The molecule has 3 heteroatoms. The molecule has 0 bridgehead atoms. The molecule has 1 aromatic rings. The second-order valence-electron chi connectivity index (χ2n) is 4.47. The van der Waals surface area contributed by atoms with Gasteiger partial charge in [-0.05, 0) is 24.0 Å². The SMILES string of the molecule is CC(Br)CC(C)(C)c1c(F)cccc1F. The molecule has 0 aliphatic carbocycles. The molecule has 0 aliphatic rings. The zero-order valence-corrected chi connectivity index (χ0v) is 10.7. The Kier molecular flexibility index (Phi) is 3.87. The number of benzene rings is 1. The first-order valence-electron chi connectivity index (χ1n) is 4.93. The van der Waals surface area contributed by atoms with Crippen LogP contribution in [0.1, 0.15) is 32.8 Å². The normalized spacial score (nSPS) is 14.0. The molecule has 0 saturated heterocycles. The van der Waals surface area contributed by atoms with Crippen LogP contribution < -0.4 is 0 Å². The number of hydrogen-bond donors (Lipinski definition) is 0. The van der Waals surface area contributed by atoms with Crippen molar-refractivity contribution in [2.45, 2.75) is 37.4 Å². The molecule has 84 valence electrons. The molecule has 0 aromatic heterocycles. The van der Waals surface area contributed by atoms with E-state index in [1.54, 1.807) is 0 Å². The molecule has 0 aliphatic heterocycles. The predicted molar refractivity (Wildman–Crippen MR) is 62.4 cm³/mol. The van der Waals surface area contributed by atoms with Gasteiger partial charge in [0.05, 0.1) is 0 Å². The first kappa shape index (κ1) is 12.6. The fourth-order valence-corrected chi connectivity index (χ4v) is 2.76. The largest absolute Gasteiger partial charge is 0.207 e. The third kappa shape index (κ3) is 3.00. The van der Waals surface area contributed by atoms with Gasteiger partial charge in [0, 0.05) is 10.4 Å². The van der Waals surface area contributed by atoms with Gasteiger partial charge in [-0.1, -0.05) is 42.8 Å². The minimum Gasteiger partial charge on any atom is -0.207 e. The lowest BCUT2D eigenvalue weighted by Gasteiger charge is -2.27. The summed E-state index contributed by atoms with van der Waals surface area (Å²) in [5, 5.41) is 0. The molecule has 0 nitrogen and oxygen atoms in total. The first-order chi connectivity index (χ1) is 6.84. The van der Waals surface area contributed by atoms with E-state index in [1.165, 1.54) is 18.2 Å². The van der Waals surface area contributed by atoms with Crippen LogP contribution in [-0.2, 0) is 5.41 Å². The number of hydrogen-bond acceptors (Lipinski definition) is 0. The van der Waals surface area contributed by atoms with Gasteiger partial charge in [-0.25, -0.2) is 8.78 Å². The Morgan fingerprint density at radius 2 is 1.73 bits per heavy atom. The number of rotatable bonds is 3. The van der Waals surface area contributed by atoms with Crippen molar-refractivity contribution >= 4 is 15.9 Å². The summed E-state index contributed by atoms with van der Waals surface area (Å²) in [6.07, 6.45) is 0.685. The Hall–Kier alpha value is -0.440. The van der Waals surface area contributed by atoms with E-state index in [0.29, 0.717) is 6.42 Å². The Bertz CT molecular complexity index is 325. The van der Waals surface area contributed by atoms with Crippen molar-refractivity contribution < 1.29 is 8.78 Å². The van der Waals surface area contributed by atoms with E-state index in [-0.39, 0.29) is 10.4 Å². The molecule has 15 heavy (non-hydrogen) atoms. The lowest BCUT2D eigenvalue weighted by Crippen LogP contribution is -2.23. The van der Waals surface area contributed by atoms with Gasteiger partial charge in [0.1, 0.15) is 11.6 Å². The number of halogens is 3. The van der Waals surface area contributed by atoms with Crippen molar-refractivity contribution in [1.29, 1.82) is 0 Å². The smallest absolute Gasteiger partial charge is 0.129 e. The van der Waals surface area contributed by atoms with Crippen LogP contribution in [0.2, 0.25) is 0 Å². The summed E-state index contributed by atoms with van der Waals surface area (Å²) in [7, 11) is 0. The Morgan fingerprint density at radius 1 is 1.27 bits per heavy atom. The summed E-state index contributed by atoms with van der Waals surface area (Å²) in [6.45, 7) is 5.68. The second-order valence-corrected chi connectivity index (χ2v) is 6.03. The molecule has 0 N–H and O–H groups in total. The van der Waals surface area contributed by atoms with E-state index >= 15 is 0 Å². The van der Waals surface area contributed by atoms with Crippen LogP contribution in [0.25, 0.3) is 0 Å². The topological polar surface area (TPSA) is 0 Å². The van der Waals surface area contributed by atoms with Gasteiger partial charge in [0.25, 0.3) is 0 Å². The van der Waals surface area contributed by atoms with Crippen LogP contribution >= 0.6 is 15.9 Å². The molecule has 0 heterocycles. The van der Waals surface area contributed by atoms with E-state index in [9.17, 15) is 8.78 Å². The van der Waals surface area contributed by atoms with Crippen LogP contribution in [-0.4, -0.2) is 4.83 Å². The highest BCUT2D eigenvalue weighted by Crippen LogP contribution is 2.33. The van der Waals surface area contributed by atoms with Crippen molar-refractivity contribution in [2.75, 3.05) is 0 Å². The average Bonchev–Trinajstić information content (AvgIpc) is 1.99. The Labute approximate surface area is 97.8 Å². The van der Waals surface area contributed by atoms with Crippen molar-refractivity contribution in [3.05, 3.63) is 35.4 Å². The fraction of sp³-hybridized carbons (Fsp3) is 0.500. The van der Waals surface area contributed by atoms with Gasteiger partial charge < -0.3 is 0 Å². The van der Waals surface area contributed by atoms with E-state index in [2.05, 4.69) is 15.9 Å². The monoisotopic (exact) mass is 276 g/mol. The predicted octanol–water partition coefficient (Wildman–Crippen LogP) is 4.42. The lowest BCUT2D eigenvalue weighted by atomic mass is 9.80. The molecule has 0 amide bonds. The van der Waals surface area contributed by atoms with Crippen LogP contribution in [0.3, 0.4) is 0 Å². The van der Waals surface area contributed by atoms with E-state index in [1.807, 2.05) is 20.8 Å². The Morgan fingerprint density at radius 3 is 2.13 bits per heavy atom. The van der Waals surface area contributed by atoms with Gasteiger partial charge in [0.15, 0.2) is 0 Å². The zero-order chi connectivity index (χ0) is 11.6. The second kappa shape index (κ2) is 4.60. The standard InChI is InChI=1S/C12H15BrF2/c1-8(13)7-12(2,3)11-9(14)5-4-6-10(11)15/h4-6,8H,7H2,1-3H3. The molecule has 0 radical (unpaired) electrons. The van der Waals surface area contributed by atoms with Crippen LogP contribution in [0.5, 0.6) is 0 Å². The van der Waals surface area contributed by atoms with Crippen molar-refractivity contribution in [3.63, 3.8) is 0 Å². The minimum absolute atomic E-state index is 0.177. The van der Waals surface area contributed by atoms with Gasteiger partial charge in [-0.3, -0.25) is 0 Å². The highest BCUT2D eigenvalue weighted by atomic mass is 79.9. The quantitative estimate of drug-likeness (QED) is 0.718. The summed E-state index contributed by atoms with van der Waals surface area (Å²) < 4.78 is 27.1. The highest BCUT2D eigenvalue weighted by Gasteiger charge is 2.28. The molecule has 1 unspecified atom stereocenters. The molecule has 0 saturated carbocycles. The van der Waals surface area contributed by atoms with E-state index in [0.717, 1.165) is 0 Å². The van der Waals surface area contributed by atoms with E-state index < -0.39 is 17.0 Å². The Balaban J connectivity index is 3.14. The summed E-state index contributed by atoms with van der Waals surface area (Å²) in [4.78, 5) is 0.228. The molecule has 0 spiro atoms. The van der Waals surface area contributed by atoms with Crippen molar-refractivity contribution in [2.24, 2.45) is 0 Å². The summed E-state index contributed by atoms with van der Waals surface area (Å²) >= 11 is 3.41. The van der Waals surface area contributed by atoms with Crippen LogP contribution in [0, 0.1) is 11.6 Å². The molecule has 1 atom stereocenters. The average molecular weight is 277 g/mol. The minimum atomic E-state index is -0.502. The maximum Gasteiger partial charge on any atom is 0.129 e. The molecular weight excluding hydrogens is 262 g/mol. The molecule has 1 rings (SSSR count). The molecule has 0 fully saturated rings. The molecular formula is C12H15BrF2. The lowest BCUT2D eigenvalue weighted by molar-refractivity contribution is 0.422. The molecule has 1 aromatic carbocycles. The fourth-order valence-electron chi connectivity index (χ4n) is 1.95. The van der Waals surface area contributed by atoms with Gasteiger partial charge in [-0.15, -0.1) is 0 Å². The van der Waals surface area contributed by atoms with Gasteiger partial charge in [-0.2, -0.15) is 0 Å². The zero-order valence-electron chi connectivity index (χ0n) is 9.15. The third-order valence-electron chi connectivity index (χ3n) is 2.43. The first-order valence-corrected chi connectivity index (χ1v) is 5.85. The maximum atomic E-state index is 13.5.